The van der Waals surface area contributed by atoms with E-state index in [-0.39, 0.29) is 17.5 Å². The fraction of sp³-hybridized carbons (Fsp3) is 0.368. The zero-order chi connectivity index (χ0) is 17.6. The Bertz CT molecular complexity index is 716. The minimum atomic E-state index is -1.01. The lowest BCUT2D eigenvalue weighted by Gasteiger charge is -2.31. The average Bonchev–Trinajstić information content (AvgIpc) is 2.91. The molecule has 0 aliphatic carbocycles. The van der Waals surface area contributed by atoms with Crippen molar-refractivity contribution in [2.45, 2.75) is 31.8 Å². The molecule has 1 N–H and O–H groups in total. The maximum atomic E-state index is 13.6. The number of nitrogens with one attached hydrogen (secondary N) is 1. The van der Waals surface area contributed by atoms with Crippen molar-refractivity contribution in [3.05, 3.63) is 65.5 Å². The van der Waals surface area contributed by atoms with Crippen molar-refractivity contribution < 1.29 is 13.6 Å². The fourth-order valence-corrected chi connectivity index (χ4v) is 3.14. The van der Waals surface area contributed by atoms with E-state index in [4.69, 9.17) is 0 Å². The van der Waals surface area contributed by atoms with E-state index in [1.54, 1.807) is 11.1 Å². The van der Waals surface area contributed by atoms with Crippen molar-refractivity contribution in [1.82, 2.24) is 15.2 Å². The molecule has 1 amide bonds. The van der Waals surface area contributed by atoms with E-state index < -0.39 is 11.6 Å². The topological polar surface area (TPSA) is 45.2 Å². The lowest BCUT2D eigenvalue weighted by atomic mass is 10.0. The van der Waals surface area contributed by atoms with Crippen LogP contribution in [0.15, 0.2) is 42.6 Å². The molecule has 0 radical (unpaired) electrons. The number of amides is 1. The summed E-state index contributed by atoms with van der Waals surface area (Å²) in [5.41, 5.74) is 0.933. The smallest absolute Gasteiger partial charge is 0.254 e. The minimum Gasteiger partial charge on any atom is -0.330 e. The van der Waals surface area contributed by atoms with Gasteiger partial charge >= 0.3 is 0 Å². The molecule has 4 nitrogen and oxygen atoms in total. The van der Waals surface area contributed by atoms with Gasteiger partial charge in [0.25, 0.3) is 5.91 Å². The van der Waals surface area contributed by atoms with Gasteiger partial charge in [0.05, 0.1) is 12.2 Å². The maximum absolute atomic E-state index is 13.6. The molecule has 0 saturated carbocycles. The van der Waals surface area contributed by atoms with Gasteiger partial charge in [-0.1, -0.05) is 6.07 Å². The Morgan fingerprint density at radius 1 is 1.16 bits per heavy atom. The summed E-state index contributed by atoms with van der Waals surface area (Å²) in [5, 5.41) is 3.33. The van der Waals surface area contributed by atoms with Gasteiger partial charge in [-0.3, -0.25) is 9.78 Å². The summed E-state index contributed by atoms with van der Waals surface area (Å²) in [5.74, 6) is -2.26. The fourth-order valence-electron chi connectivity index (χ4n) is 3.14. The van der Waals surface area contributed by atoms with E-state index in [9.17, 15) is 13.6 Å². The first-order chi connectivity index (χ1) is 12.1. The summed E-state index contributed by atoms with van der Waals surface area (Å²) in [4.78, 5) is 19.1. The van der Waals surface area contributed by atoms with Crippen LogP contribution in [0.3, 0.4) is 0 Å². The number of halogens is 2. The van der Waals surface area contributed by atoms with Gasteiger partial charge in [-0.25, -0.2) is 8.78 Å². The summed E-state index contributed by atoms with van der Waals surface area (Å²) < 4.78 is 26.8. The molecule has 25 heavy (non-hydrogen) atoms. The Labute approximate surface area is 145 Å². The highest BCUT2D eigenvalue weighted by atomic mass is 19.2. The van der Waals surface area contributed by atoms with Crippen LogP contribution in [0.1, 0.15) is 35.3 Å². The van der Waals surface area contributed by atoms with Crippen LogP contribution in [-0.2, 0) is 6.54 Å². The normalized spacial score (nSPS) is 17.8. The standard InChI is InChI=1S/C19H21F2N3O/c20-17-7-6-14(12-18(17)21)19(25)24(13-15-4-1-2-10-23-15)16-5-3-9-22-11-8-16/h1-2,4,6-7,10,12,16,22H,3,5,8-9,11,13H2/t16-/m0/s1. The molecular formula is C19H21F2N3O. The second kappa shape index (κ2) is 8.16. The molecule has 1 fully saturated rings. The largest absolute Gasteiger partial charge is 0.330 e. The number of hydrogen-bond donors (Lipinski definition) is 1. The van der Waals surface area contributed by atoms with Crippen molar-refractivity contribution in [1.29, 1.82) is 0 Å². The van der Waals surface area contributed by atoms with Gasteiger partial charge in [0.1, 0.15) is 0 Å². The first kappa shape index (κ1) is 17.5. The number of rotatable bonds is 4. The van der Waals surface area contributed by atoms with Crippen LogP contribution in [0.2, 0.25) is 0 Å². The summed E-state index contributed by atoms with van der Waals surface area (Å²) in [6.07, 6.45) is 4.34. The minimum absolute atomic E-state index is 0.0395. The van der Waals surface area contributed by atoms with Crippen molar-refractivity contribution >= 4 is 5.91 Å². The Morgan fingerprint density at radius 2 is 2.04 bits per heavy atom. The van der Waals surface area contributed by atoms with Crippen molar-refractivity contribution in [3.63, 3.8) is 0 Å². The van der Waals surface area contributed by atoms with Gasteiger partial charge in [0.15, 0.2) is 11.6 Å². The molecule has 0 spiro atoms. The van der Waals surface area contributed by atoms with Gasteiger partial charge in [0, 0.05) is 17.8 Å². The molecule has 2 aromatic rings. The van der Waals surface area contributed by atoms with Crippen molar-refractivity contribution in [2.75, 3.05) is 13.1 Å². The average molecular weight is 345 g/mol. The van der Waals surface area contributed by atoms with Gasteiger partial charge in [-0.15, -0.1) is 0 Å². The molecule has 6 heteroatoms. The quantitative estimate of drug-likeness (QED) is 0.926. The van der Waals surface area contributed by atoms with Crippen LogP contribution in [0.4, 0.5) is 8.78 Å². The Hall–Kier alpha value is -2.34. The first-order valence-corrected chi connectivity index (χ1v) is 8.52. The first-order valence-electron chi connectivity index (χ1n) is 8.52. The molecule has 0 unspecified atom stereocenters. The predicted octanol–water partition coefficient (Wildman–Crippen LogP) is 3.14. The summed E-state index contributed by atoms with van der Waals surface area (Å²) in [7, 11) is 0. The van der Waals surface area contributed by atoms with E-state index in [1.165, 1.54) is 6.07 Å². The van der Waals surface area contributed by atoms with E-state index in [2.05, 4.69) is 10.3 Å². The van der Waals surface area contributed by atoms with Crippen LogP contribution in [0.25, 0.3) is 0 Å². The van der Waals surface area contributed by atoms with Gasteiger partial charge in [0.2, 0.25) is 0 Å². The molecule has 3 rings (SSSR count). The van der Waals surface area contributed by atoms with E-state index in [1.807, 2.05) is 18.2 Å². The van der Waals surface area contributed by atoms with Crippen LogP contribution >= 0.6 is 0 Å². The number of pyridine rings is 1. The number of benzene rings is 1. The Morgan fingerprint density at radius 3 is 2.80 bits per heavy atom. The van der Waals surface area contributed by atoms with E-state index in [0.29, 0.717) is 6.54 Å². The highest BCUT2D eigenvalue weighted by molar-refractivity contribution is 5.94. The second-order valence-electron chi connectivity index (χ2n) is 6.22. The SMILES string of the molecule is O=C(c1ccc(F)c(F)c1)N(Cc1ccccn1)[C@H]1CCCNCC1. The molecule has 1 aliphatic rings. The summed E-state index contributed by atoms with van der Waals surface area (Å²) in [6, 6.07) is 8.89. The predicted molar refractivity (Wildman–Crippen MR) is 91.0 cm³/mol. The molecule has 1 saturated heterocycles. The molecule has 1 atom stereocenters. The lowest BCUT2D eigenvalue weighted by molar-refractivity contribution is 0.0641. The molecule has 132 valence electrons. The molecule has 2 heterocycles. The number of aromatic nitrogens is 1. The molecule has 1 aliphatic heterocycles. The van der Waals surface area contributed by atoms with Gasteiger partial charge in [-0.2, -0.15) is 0 Å². The second-order valence-corrected chi connectivity index (χ2v) is 6.22. The highest BCUT2D eigenvalue weighted by Crippen LogP contribution is 2.20. The highest BCUT2D eigenvalue weighted by Gasteiger charge is 2.26. The molecule has 1 aromatic carbocycles. The summed E-state index contributed by atoms with van der Waals surface area (Å²) in [6.45, 7) is 2.10. The Balaban J connectivity index is 1.88. The lowest BCUT2D eigenvalue weighted by Crippen LogP contribution is -2.40. The molecule has 0 bridgehead atoms. The number of carbonyl (C=O) groups excluding carboxylic acids is 1. The third kappa shape index (κ3) is 4.39. The maximum Gasteiger partial charge on any atom is 0.254 e. The van der Waals surface area contributed by atoms with Crippen LogP contribution in [0, 0.1) is 11.6 Å². The van der Waals surface area contributed by atoms with E-state index >= 15 is 0 Å². The van der Waals surface area contributed by atoms with Crippen molar-refractivity contribution in [3.8, 4) is 0 Å². The third-order valence-electron chi connectivity index (χ3n) is 4.47. The van der Waals surface area contributed by atoms with Gasteiger partial charge in [-0.05, 0) is 62.7 Å². The van der Waals surface area contributed by atoms with Crippen LogP contribution in [0.5, 0.6) is 0 Å². The monoisotopic (exact) mass is 345 g/mol. The van der Waals surface area contributed by atoms with Crippen molar-refractivity contribution in [2.24, 2.45) is 0 Å². The van der Waals surface area contributed by atoms with E-state index in [0.717, 1.165) is 50.2 Å². The third-order valence-corrected chi connectivity index (χ3v) is 4.47. The molecule has 1 aromatic heterocycles. The number of carbonyl (C=O) groups is 1. The Kier molecular flexibility index (Phi) is 5.71. The van der Waals surface area contributed by atoms with Crippen LogP contribution in [-0.4, -0.2) is 34.9 Å². The van der Waals surface area contributed by atoms with Crippen LogP contribution < -0.4 is 5.32 Å². The zero-order valence-electron chi connectivity index (χ0n) is 13.9. The molecular weight excluding hydrogens is 324 g/mol. The number of nitrogens with zero attached hydrogens (tertiary/aromatic N) is 2. The zero-order valence-corrected chi connectivity index (χ0v) is 13.9. The van der Waals surface area contributed by atoms with Gasteiger partial charge < -0.3 is 10.2 Å². The summed E-state index contributed by atoms with van der Waals surface area (Å²) >= 11 is 0. The number of hydrogen-bond acceptors (Lipinski definition) is 3.